The molecule has 1 aromatic carbocycles. The molecule has 0 bridgehead atoms. The summed E-state index contributed by atoms with van der Waals surface area (Å²) < 4.78 is 0. The fraction of sp³-hybridized carbons (Fsp3) is 0.500. The second-order valence-electron chi connectivity index (χ2n) is 4.23. The van der Waals surface area contributed by atoms with Gasteiger partial charge in [-0.05, 0) is 25.5 Å². The van der Waals surface area contributed by atoms with Crippen molar-refractivity contribution in [3.8, 4) is 0 Å². The van der Waals surface area contributed by atoms with Crippen molar-refractivity contribution in [2.75, 3.05) is 11.9 Å². The summed E-state index contributed by atoms with van der Waals surface area (Å²) in [6.45, 7) is 4.80. The maximum absolute atomic E-state index is 11.7. The molecule has 0 fully saturated rings. The smallest absolute Gasteiger partial charge is 0.242 e. The fourth-order valence-corrected chi connectivity index (χ4v) is 1.59. The van der Waals surface area contributed by atoms with E-state index in [9.17, 15) is 4.79 Å². The molecule has 0 heterocycles. The lowest BCUT2D eigenvalue weighted by atomic mass is 10.2. The van der Waals surface area contributed by atoms with E-state index in [1.54, 1.807) is 0 Å². The van der Waals surface area contributed by atoms with Crippen molar-refractivity contribution in [1.29, 1.82) is 0 Å². The van der Waals surface area contributed by atoms with Crippen LogP contribution in [0, 0.1) is 0 Å². The highest BCUT2D eigenvalue weighted by molar-refractivity contribution is 5.84. The number of unbranched alkanes of at least 4 members (excludes halogenated alkanes) is 2. The average molecular weight is 234 g/mol. The number of hydrogen-bond donors (Lipinski definition) is 2. The Morgan fingerprint density at radius 1 is 1.24 bits per heavy atom. The van der Waals surface area contributed by atoms with E-state index in [0.29, 0.717) is 0 Å². The molecule has 1 aromatic rings. The maximum atomic E-state index is 11.7. The molecular formula is C14H22N2O. The first kappa shape index (κ1) is 13.6. The number of carbonyl (C=O) groups excluding carboxylic acids is 1. The summed E-state index contributed by atoms with van der Waals surface area (Å²) in [5, 5.41) is 6.11. The Balaban J connectivity index is 2.27. The highest BCUT2D eigenvalue weighted by Gasteiger charge is 2.10. The van der Waals surface area contributed by atoms with E-state index in [0.717, 1.165) is 18.7 Å². The standard InChI is InChI=1S/C14H22N2O/c1-3-4-8-11-15-14(17)12(2)16-13-9-6-5-7-10-13/h5-7,9-10,12,16H,3-4,8,11H2,1-2H3,(H,15,17). The minimum atomic E-state index is -0.195. The van der Waals surface area contributed by atoms with Gasteiger partial charge in [0.25, 0.3) is 0 Å². The van der Waals surface area contributed by atoms with Crippen LogP contribution in [0.4, 0.5) is 5.69 Å². The van der Waals surface area contributed by atoms with Crippen molar-refractivity contribution in [1.82, 2.24) is 5.32 Å². The van der Waals surface area contributed by atoms with Gasteiger partial charge in [-0.2, -0.15) is 0 Å². The molecule has 1 atom stereocenters. The third-order valence-corrected chi connectivity index (χ3v) is 2.63. The van der Waals surface area contributed by atoms with Crippen LogP contribution in [0.15, 0.2) is 30.3 Å². The van der Waals surface area contributed by atoms with Gasteiger partial charge in [-0.1, -0.05) is 38.0 Å². The lowest BCUT2D eigenvalue weighted by Gasteiger charge is -2.15. The monoisotopic (exact) mass is 234 g/mol. The average Bonchev–Trinajstić information content (AvgIpc) is 2.35. The number of carbonyl (C=O) groups is 1. The molecule has 1 unspecified atom stereocenters. The second-order valence-corrected chi connectivity index (χ2v) is 4.23. The van der Waals surface area contributed by atoms with E-state index < -0.39 is 0 Å². The van der Waals surface area contributed by atoms with Gasteiger partial charge in [0.15, 0.2) is 0 Å². The van der Waals surface area contributed by atoms with Crippen LogP contribution in [0.2, 0.25) is 0 Å². The molecule has 3 nitrogen and oxygen atoms in total. The quantitative estimate of drug-likeness (QED) is 0.712. The van der Waals surface area contributed by atoms with Gasteiger partial charge in [0, 0.05) is 12.2 Å². The Morgan fingerprint density at radius 2 is 1.94 bits per heavy atom. The Kier molecular flexibility index (Phi) is 6.15. The lowest BCUT2D eigenvalue weighted by Crippen LogP contribution is -2.37. The highest BCUT2D eigenvalue weighted by Crippen LogP contribution is 2.06. The molecule has 0 spiro atoms. The van der Waals surface area contributed by atoms with Crippen molar-refractivity contribution >= 4 is 11.6 Å². The third-order valence-electron chi connectivity index (χ3n) is 2.63. The van der Waals surface area contributed by atoms with Crippen LogP contribution in [0.25, 0.3) is 0 Å². The van der Waals surface area contributed by atoms with E-state index in [-0.39, 0.29) is 11.9 Å². The van der Waals surface area contributed by atoms with Crippen molar-refractivity contribution in [3.05, 3.63) is 30.3 Å². The molecule has 1 rings (SSSR count). The van der Waals surface area contributed by atoms with Gasteiger partial charge in [-0.25, -0.2) is 0 Å². The van der Waals surface area contributed by atoms with E-state index in [4.69, 9.17) is 0 Å². The molecular weight excluding hydrogens is 212 g/mol. The molecule has 0 aliphatic rings. The number of benzene rings is 1. The number of para-hydroxylation sites is 1. The number of amides is 1. The molecule has 17 heavy (non-hydrogen) atoms. The second kappa shape index (κ2) is 7.71. The molecule has 0 aromatic heterocycles. The summed E-state index contributed by atoms with van der Waals surface area (Å²) in [4.78, 5) is 11.7. The number of anilines is 1. The van der Waals surface area contributed by atoms with Crippen LogP contribution < -0.4 is 10.6 Å². The predicted octanol–water partition coefficient (Wildman–Crippen LogP) is 2.79. The molecule has 3 heteroatoms. The molecule has 0 aliphatic heterocycles. The zero-order valence-corrected chi connectivity index (χ0v) is 10.7. The normalized spacial score (nSPS) is 11.9. The van der Waals surface area contributed by atoms with Crippen molar-refractivity contribution in [3.63, 3.8) is 0 Å². The summed E-state index contributed by atoms with van der Waals surface area (Å²) in [5.41, 5.74) is 0.976. The van der Waals surface area contributed by atoms with E-state index in [2.05, 4.69) is 17.6 Å². The Hall–Kier alpha value is -1.51. The Bertz CT molecular complexity index is 324. The first-order chi connectivity index (χ1) is 8.24. The first-order valence-electron chi connectivity index (χ1n) is 6.33. The number of hydrogen-bond acceptors (Lipinski definition) is 2. The highest BCUT2D eigenvalue weighted by atomic mass is 16.2. The molecule has 0 saturated heterocycles. The van der Waals surface area contributed by atoms with Gasteiger partial charge in [0.2, 0.25) is 5.91 Å². The Morgan fingerprint density at radius 3 is 2.59 bits per heavy atom. The zero-order chi connectivity index (χ0) is 12.5. The van der Waals surface area contributed by atoms with Gasteiger partial charge in [-0.3, -0.25) is 4.79 Å². The van der Waals surface area contributed by atoms with Crippen LogP contribution in [0.3, 0.4) is 0 Å². The molecule has 0 saturated carbocycles. The number of nitrogens with one attached hydrogen (secondary N) is 2. The topological polar surface area (TPSA) is 41.1 Å². The molecule has 1 amide bonds. The van der Waals surface area contributed by atoms with Gasteiger partial charge in [-0.15, -0.1) is 0 Å². The van der Waals surface area contributed by atoms with E-state index in [1.165, 1.54) is 12.8 Å². The van der Waals surface area contributed by atoms with Gasteiger partial charge >= 0.3 is 0 Å². The summed E-state index contributed by atoms with van der Waals surface area (Å²) in [6, 6.07) is 9.59. The van der Waals surface area contributed by atoms with Crippen LogP contribution in [0.1, 0.15) is 33.1 Å². The largest absolute Gasteiger partial charge is 0.374 e. The van der Waals surface area contributed by atoms with Gasteiger partial charge in [0.1, 0.15) is 6.04 Å². The van der Waals surface area contributed by atoms with Crippen LogP contribution in [-0.4, -0.2) is 18.5 Å². The van der Waals surface area contributed by atoms with Crippen LogP contribution in [-0.2, 0) is 4.79 Å². The van der Waals surface area contributed by atoms with Crippen LogP contribution in [0.5, 0.6) is 0 Å². The SMILES string of the molecule is CCCCCNC(=O)C(C)Nc1ccccc1. The minimum absolute atomic E-state index is 0.0601. The minimum Gasteiger partial charge on any atom is -0.374 e. The van der Waals surface area contributed by atoms with Gasteiger partial charge < -0.3 is 10.6 Å². The fourth-order valence-electron chi connectivity index (χ4n) is 1.59. The Labute approximate surface area is 104 Å². The predicted molar refractivity (Wildman–Crippen MR) is 72.1 cm³/mol. The van der Waals surface area contributed by atoms with Crippen LogP contribution >= 0.6 is 0 Å². The maximum Gasteiger partial charge on any atom is 0.242 e. The lowest BCUT2D eigenvalue weighted by molar-refractivity contribution is -0.121. The van der Waals surface area contributed by atoms with Crippen molar-refractivity contribution in [2.45, 2.75) is 39.2 Å². The van der Waals surface area contributed by atoms with Crippen molar-refractivity contribution in [2.24, 2.45) is 0 Å². The molecule has 0 aliphatic carbocycles. The first-order valence-corrected chi connectivity index (χ1v) is 6.33. The van der Waals surface area contributed by atoms with Crippen molar-refractivity contribution < 1.29 is 4.79 Å². The molecule has 2 N–H and O–H groups in total. The number of rotatable bonds is 7. The summed E-state index contributed by atoms with van der Waals surface area (Å²) >= 11 is 0. The summed E-state index contributed by atoms with van der Waals surface area (Å²) in [7, 11) is 0. The summed E-state index contributed by atoms with van der Waals surface area (Å²) in [6.07, 6.45) is 3.40. The molecule has 94 valence electrons. The van der Waals surface area contributed by atoms with E-state index in [1.807, 2.05) is 37.3 Å². The van der Waals surface area contributed by atoms with Gasteiger partial charge in [0.05, 0.1) is 0 Å². The third kappa shape index (κ3) is 5.38. The summed E-state index contributed by atoms with van der Waals surface area (Å²) in [5.74, 6) is 0.0601. The molecule has 0 radical (unpaired) electrons. The van der Waals surface area contributed by atoms with E-state index >= 15 is 0 Å². The zero-order valence-electron chi connectivity index (χ0n) is 10.7.